The van der Waals surface area contributed by atoms with Gasteiger partial charge >= 0.3 is 0 Å². The van der Waals surface area contributed by atoms with Crippen LogP contribution in [0.5, 0.6) is 0 Å². The Labute approximate surface area is 130 Å². The van der Waals surface area contributed by atoms with Crippen molar-refractivity contribution in [3.05, 3.63) is 29.6 Å². The molecule has 0 aromatic carbocycles. The van der Waals surface area contributed by atoms with Crippen molar-refractivity contribution in [2.24, 2.45) is 0 Å². The summed E-state index contributed by atoms with van der Waals surface area (Å²) in [6.07, 6.45) is 1.73. The van der Waals surface area contributed by atoms with Crippen LogP contribution in [0.3, 0.4) is 0 Å². The predicted octanol–water partition coefficient (Wildman–Crippen LogP) is 0.301. The van der Waals surface area contributed by atoms with Crippen LogP contribution in [0.4, 0.5) is 0 Å². The molecule has 1 unspecified atom stereocenters. The Kier molecular flexibility index (Phi) is 4.11. The molecule has 0 radical (unpaired) electrons. The number of nitrogens with zero attached hydrogens (tertiary/aromatic N) is 4. The molecule has 1 fully saturated rings. The molecule has 6 heteroatoms. The van der Waals surface area contributed by atoms with E-state index >= 15 is 0 Å². The van der Waals surface area contributed by atoms with Crippen molar-refractivity contribution in [3.8, 4) is 0 Å². The first-order valence-electron chi connectivity index (χ1n) is 7.73. The topological polar surface area (TPSA) is 56.8 Å². The van der Waals surface area contributed by atoms with Crippen LogP contribution in [0.15, 0.2) is 18.3 Å². The van der Waals surface area contributed by atoms with Gasteiger partial charge in [0.05, 0.1) is 11.6 Å². The Morgan fingerprint density at radius 3 is 2.59 bits per heavy atom. The van der Waals surface area contributed by atoms with Gasteiger partial charge in [-0.3, -0.25) is 14.6 Å². The molecule has 3 heterocycles. The van der Waals surface area contributed by atoms with E-state index in [1.165, 1.54) is 0 Å². The van der Waals surface area contributed by atoms with E-state index in [1.807, 2.05) is 17.0 Å². The van der Waals surface area contributed by atoms with Crippen molar-refractivity contribution in [2.45, 2.75) is 19.4 Å². The molecule has 0 aliphatic carbocycles. The first-order chi connectivity index (χ1) is 10.6. The smallest absolute Gasteiger partial charge is 0.233 e. The zero-order valence-electron chi connectivity index (χ0n) is 13.2. The van der Waals surface area contributed by atoms with E-state index in [4.69, 9.17) is 0 Å². The number of hydrogen-bond acceptors (Lipinski definition) is 4. The number of piperazine rings is 1. The highest BCUT2D eigenvalue weighted by Gasteiger charge is 2.35. The predicted molar refractivity (Wildman–Crippen MR) is 82.1 cm³/mol. The van der Waals surface area contributed by atoms with Crippen molar-refractivity contribution in [1.82, 2.24) is 19.7 Å². The molecule has 2 aliphatic heterocycles. The minimum Gasteiger partial charge on any atom is -0.339 e. The van der Waals surface area contributed by atoms with Crippen molar-refractivity contribution in [3.63, 3.8) is 0 Å². The molecular weight excluding hydrogens is 280 g/mol. The summed E-state index contributed by atoms with van der Waals surface area (Å²) in [6.45, 7) is 5.81. The van der Waals surface area contributed by atoms with Crippen molar-refractivity contribution < 1.29 is 9.59 Å². The van der Waals surface area contributed by atoms with Crippen LogP contribution < -0.4 is 0 Å². The number of likely N-dealkylation sites (N-methyl/N-ethyl adjacent to an activating group) is 1. The van der Waals surface area contributed by atoms with Crippen molar-refractivity contribution in [2.75, 3.05) is 39.8 Å². The highest BCUT2D eigenvalue weighted by molar-refractivity contribution is 5.85. The fourth-order valence-electron chi connectivity index (χ4n) is 3.16. The van der Waals surface area contributed by atoms with Gasteiger partial charge in [0.2, 0.25) is 11.8 Å². The first-order valence-corrected chi connectivity index (χ1v) is 7.73. The normalized spacial score (nSPS) is 22.4. The van der Waals surface area contributed by atoms with Crippen LogP contribution in [0, 0.1) is 0 Å². The average Bonchev–Trinajstić information content (AvgIpc) is 2.53. The number of carbonyl (C=O) groups is 2. The van der Waals surface area contributed by atoms with Gasteiger partial charge in [0, 0.05) is 52.4 Å². The van der Waals surface area contributed by atoms with E-state index < -0.39 is 0 Å². The average molecular weight is 302 g/mol. The molecule has 6 nitrogen and oxygen atoms in total. The monoisotopic (exact) mass is 302 g/mol. The minimum atomic E-state index is -0.336. The molecule has 118 valence electrons. The fraction of sp³-hybridized carbons (Fsp3) is 0.562. The van der Waals surface area contributed by atoms with Crippen LogP contribution >= 0.6 is 0 Å². The molecule has 1 saturated heterocycles. The van der Waals surface area contributed by atoms with E-state index in [-0.39, 0.29) is 17.7 Å². The second-order valence-electron chi connectivity index (χ2n) is 6.13. The summed E-state index contributed by atoms with van der Waals surface area (Å²) >= 11 is 0. The summed E-state index contributed by atoms with van der Waals surface area (Å²) in [6, 6.07) is 3.82. The fourth-order valence-corrected chi connectivity index (χ4v) is 3.16. The number of aromatic nitrogens is 1. The van der Waals surface area contributed by atoms with Crippen LogP contribution in [-0.4, -0.2) is 71.3 Å². The molecule has 0 N–H and O–H groups in total. The standard InChI is InChI=1S/C16H22N4O2/c1-12(21)20-10-13-4-3-5-17-15(13)14(11-20)16(22)19-8-6-18(2)7-9-19/h3-5,14H,6-11H2,1-2H3. The summed E-state index contributed by atoms with van der Waals surface area (Å²) in [7, 11) is 2.07. The van der Waals surface area contributed by atoms with Gasteiger partial charge in [-0.1, -0.05) is 6.07 Å². The lowest BCUT2D eigenvalue weighted by molar-refractivity contribution is -0.137. The second-order valence-corrected chi connectivity index (χ2v) is 6.13. The lowest BCUT2D eigenvalue weighted by Crippen LogP contribution is -2.51. The molecule has 1 atom stereocenters. The maximum absolute atomic E-state index is 12.9. The zero-order valence-corrected chi connectivity index (χ0v) is 13.2. The van der Waals surface area contributed by atoms with Gasteiger partial charge in [0.1, 0.15) is 0 Å². The van der Waals surface area contributed by atoms with Crippen LogP contribution in [0.25, 0.3) is 0 Å². The molecule has 22 heavy (non-hydrogen) atoms. The van der Waals surface area contributed by atoms with Crippen molar-refractivity contribution >= 4 is 11.8 Å². The third kappa shape index (κ3) is 2.83. The summed E-state index contributed by atoms with van der Waals surface area (Å²) < 4.78 is 0. The number of hydrogen-bond donors (Lipinski definition) is 0. The van der Waals surface area contributed by atoms with Gasteiger partial charge in [-0.15, -0.1) is 0 Å². The van der Waals surface area contributed by atoms with Crippen molar-refractivity contribution in [1.29, 1.82) is 0 Å². The largest absolute Gasteiger partial charge is 0.339 e. The van der Waals surface area contributed by atoms with Gasteiger partial charge in [-0.2, -0.15) is 0 Å². The highest BCUT2D eigenvalue weighted by atomic mass is 16.2. The maximum Gasteiger partial charge on any atom is 0.233 e. The van der Waals surface area contributed by atoms with E-state index in [9.17, 15) is 9.59 Å². The molecule has 2 amide bonds. The molecule has 0 bridgehead atoms. The summed E-state index contributed by atoms with van der Waals surface area (Å²) in [5.74, 6) is -0.234. The quantitative estimate of drug-likeness (QED) is 0.749. The number of fused-ring (bicyclic) bond motifs is 1. The Balaban J connectivity index is 1.85. The number of carbonyl (C=O) groups excluding carboxylic acids is 2. The lowest BCUT2D eigenvalue weighted by Gasteiger charge is -2.38. The molecule has 1 aromatic rings. The molecule has 3 rings (SSSR count). The zero-order chi connectivity index (χ0) is 15.7. The highest BCUT2D eigenvalue weighted by Crippen LogP contribution is 2.28. The summed E-state index contributed by atoms with van der Waals surface area (Å²) in [5, 5.41) is 0. The Morgan fingerprint density at radius 1 is 1.18 bits per heavy atom. The molecule has 0 spiro atoms. The Hall–Kier alpha value is -1.95. The summed E-state index contributed by atoms with van der Waals surface area (Å²) in [4.78, 5) is 35.0. The van der Waals surface area contributed by atoms with E-state index in [0.29, 0.717) is 13.1 Å². The Morgan fingerprint density at radius 2 is 1.91 bits per heavy atom. The number of pyridine rings is 1. The summed E-state index contributed by atoms with van der Waals surface area (Å²) in [5.41, 5.74) is 1.82. The minimum absolute atomic E-state index is 0.00526. The number of amides is 2. The molecule has 0 saturated carbocycles. The van der Waals surface area contributed by atoms with Gasteiger partial charge < -0.3 is 14.7 Å². The van der Waals surface area contributed by atoms with E-state index in [0.717, 1.165) is 37.4 Å². The van der Waals surface area contributed by atoms with Crippen LogP contribution in [0.1, 0.15) is 24.1 Å². The third-order valence-corrected chi connectivity index (χ3v) is 4.58. The van der Waals surface area contributed by atoms with Gasteiger partial charge in [0.15, 0.2) is 0 Å². The van der Waals surface area contributed by atoms with E-state index in [2.05, 4.69) is 16.9 Å². The van der Waals surface area contributed by atoms with Gasteiger partial charge in [-0.25, -0.2) is 0 Å². The van der Waals surface area contributed by atoms with Gasteiger partial charge in [0.25, 0.3) is 0 Å². The third-order valence-electron chi connectivity index (χ3n) is 4.58. The molecular formula is C16H22N4O2. The maximum atomic E-state index is 12.9. The number of rotatable bonds is 1. The second kappa shape index (κ2) is 6.04. The van der Waals surface area contributed by atoms with Crippen LogP contribution in [-0.2, 0) is 16.1 Å². The lowest BCUT2D eigenvalue weighted by atomic mass is 9.93. The first kappa shape index (κ1) is 15.0. The van der Waals surface area contributed by atoms with E-state index in [1.54, 1.807) is 18.0 Å². The Bertz CT molecular complexity index is 581. The van der Waals surface area contributed by atoms with Crippen LogP contribution in [0.2, 0.25) is 0 Å². The molecule has 1 aromatic heterocycles. The SMILES string of the molecule is CC(=O)N1Cc2cccnc2C(C(=O)N2CCN(C)CC2)C1. The molecule has 2 aliphatic rings. The van der Waals surface area contributed by atoms with Gasteiger partial charge in [-0.05, 0) is 18.7 Å².